The Bertz CT molecular complexity index is 649. The summed E-state index contributed by atoms with van der Waals surface area (Å²) in [5.41, 5.74) is 0. The molecule has 2 aromatic rings. The van der Waals surface area contributed by atoms with Crippen molar-refractivity contribution in [2.24, 2.45) is 0 Å². The molecule has 0 spiro atoms. The molecule has 0 radical (unpaired) electrons. The second-order valence-electron chi connectivity index (χ2n) is 5.76. The molecular weight excluding hydrogens is 316 g/mol. The van der Waals surface area contributed by atoms with Crippen LogP contribution in [0.3, 0.4) is 0 Å². The smallest absolute Gasteiger partial charge is 0.245 e. The molecule has 0 bridgehead atoms. The largest absolute Gasteiger partial charge is 0.491 e. The van der Waals surface area contributed by atoms with Gasteiger partial charge in [-0.1, -0.05) is 28.9 Å². The number of hydrogen-bond acceptors (Lipinski definition) is 6. The molecule has 1 aromatic carbocycles. The Morgan fingerprint density at radius 1 is 1.35 bits per heavy atom. The van der Waals surface area contributed by atoms with Crippen molar-refractivity contribution in [1.82, 2.24) is 19.9 Å². The minimum Gasteiger partial charge on any atom is -0.491 e. The number of likely N-dealkylation sites (N-methyl/N-ethyl adjacent to an activating group) is 1. The number of benzene rings is 1. The van der Waals surface area contributed by atoms with Gasteiger partial charge in [-0.25, -0.2) is 0 Å². The van der Waals surface area contributed by atoms with Crippen molar-refractivity contribution in [2.75, 3.05) is 39.8 Å². The lowest BCUT2D eigenvalue weighted by atomic mass is 10.2. The predicted molar refractivity (Wildman–Crippen MR) is 87.8 cm³/mol. The van der Waals surface area contributed by atoms with Crippen molar-refractivity contribution in [2.45, 2.75) is 13.0 Å². The third kappa shape index (κ3) is 4.02. The second kappa shape index (κ2) is 7.29. The first-order chi connectivity index (χ1) is 11.1. The van der Waals surface area contributed by atoms with Crippen LogP contribution >= 0.6 is 11.6 Å². The SMILES string of the molecule is Cc1noc([C@@H]2CN(CCOc3ccccc3Cl)CCN2C)n1. The van der Waals surface area contributed by atoms with E-state index < -0.39 is 0 Å². The Balaban J connectivity index is 1.54. The fourth-order valence-electron chi connectivity index (χ4n) is 2.69. The number of halogens is 1. The molecule has 7 heteroatoms. The molecule has 1 fully saturated rings. The summed E-state index contributed by atoms with van der Waals surface area (Å²) in [4.78, 5) is 8.96. The van der Waals surface area contributed by atoms with Crippen LogP contribution in [-0.4, -0.2) is 59.8 Å². The zero-order valence-electron chi connectivity index (χ0n) is 13.4. The van der Waals surface area contributed by atoms with Crippen LogP contribution in [0.25, 0.3) is 0 Å². The third-order valence-electron chi connectivity index (χ3n) is 4.06. The predicted octanol–water partition coefficient (Wildman–Crippen LogP) is 2.40. The van der Waals surface area contributed by atoms with E-state index in [1.807, 2.05) is 31.2 Å². The summed E-state index contributed by atoms with van der Waals surface area (Å²) in [6, 6.07) is 7.67. The lowest BCUT2D eigenvalue weighted by molar-refractivity contribution is 0.0672. The topological polar surface area (TPSA) is 54.6 Å². The highest BCUT2D eigenvalue weighted by Gasteiger charge is 2.29. The lowest BCUT2D eigenvalue weighted by Gasteiger charge is -2.37. The Labute approximate surface area is 141 Å². The number of aromatic nitrogens is 2. The summed E-state index contributed by atoms with van der Waals surface area (Å²) in [6.07, 6.45) is 0. The van der Waals surface area contributed by atoms with Crippen LogP contribution in [-0.2, 0) is 0 Å². The maximum atomic E-state index is 6.10. The molecule has 0 saturated carbocycles. The number of ether oxygens (including phenoxy) is 1. The zero-order valence-corrected chi connectivity index (χ0v) is 14.2. The van der Waals surface area contributed by atoms with Gasteiger partial charge in [0.25, 0.3) is 0 Å². The third-order valence-corrected chi connectivity index (χ3v) is 4.37. The summed E-state index contributed by atoms with van der Waals surface area (Å²) in [5.74, 6) is 2.08. The van der Waals surface area contributed by atoms with Gasteiger partial charge in [0.1, 0.15) is 18.4 Å². The van der Waals surface area contributed by atoms with Gasteiger partial charge in [0.2, 0.25) is 5.89 Å². The van der Waals surface area contributed by atoms with Crippen molar-refractivity contribution in [1.29, 1.82) is 0 Å². The molecule has 2 heterocycles. The first-order valence-electron chi connectivity index (χ1n) is 7.73. The maximum absolute atomic E-state index is 6.10. The summed E-state index contributed by atoms with van der Waals surface area (Å²) >= 11 is 6.10. The molecule has 1 saturated heterocycles. The Morgan fingerprint density at radius 3 is 2.91 bits per heavy atom. The van der Waals surface area contributed by atoms with E-state index in [2.05, 4.69) is 27.0 Å². The van der Waals surface area contributed by atoms with E-state index in [1.54, 1.807) is 0 Å². The van der Waals surface area contributed by atoms with E-state index in [0.717, 1.165) is 31.9 Å². The van der Waals surface area contributed by atoms with Gasteiger partial charge in [-0.05, 0) is 26.1 Å². The van der Waals surface area contributed by atoms with Gasteiger partial charge in [0.05, 0.1) is 5.02 Å². The van der Waals surface area contributed by atoms with Crippen LogP contribution in [0, 0.1) is 6.92 Å². The number of aryl methyl sites for hydroxylation is 1. The first kappa shape index (κ1) is 16.2. The molecule has 3 rings (SSSR count). The van der Waals surface area contributed by atoms with Gasteiger partial charge < -0.3 is 9.26 Å². The van der Waals surface area contributed by atoms with Crippen molar-refractivity contribution in [3.8, 4) is 5.75 Å². The van der Waals surface area contributed by atoms with E-state index in [9.17, 15) is 0 Å². The normalized spacial score (nSPS) is 19.9. The number of nitrogens with zero attached hydrogens (tertiary/aromatic N) is 4. The van der Waals surface area contributed by atoms with Crippen LogP contribution in [0.15, 0.2) is 28.8 Å². The average Bonchev–Trinajstić information content (AvgIpc) is 2.97. The van der Waals surface area contributed by atoms with Gasteiger partial charge in [0, 0.05) is 26.2 Å². The van der Waals surface area contributed by atoms with Crippen molar-refractivity contribution in [3.63, 3.8) is 0 Å². The molecule has 6 nitrogen and oxygen atoms in total. The minimum absolute atomic E-state index is 0.130. The van der Waals surface area contributed by atoms with Crippen LogP contribution < -0.4 is 4.74 Å². The molecule has 1 aliphatic heterocycles. The van der Waals surface area contributed by atoms with Gasteiger partial charge in [-0.3, -0.25) is 9.80 Å². The fourth-order valence-corrected chi connectivity index (χ4v) is 2.89. The minimum atomic E-state index is 0.130. The number of piperazine rings is 1. The quantitative estimate of drug-likeness (QED) is 0.835. The highest BCUT2D eigenvalue weighted by Crippen LogP contribution is 2.24. The monoisotopic (exact) mass is 336 g/mol. The molecular formula is C16H21ClN4O2. The molecule has 124 valence electrons. The molecule has 0 aliphatic carbocycles. The Kier molecular flexibility index (Phi) is 5.15. The van der Waals surface area contributed by atoms with Gasteiger partial charge in [0.15, 0.2) is 5.82 Å². The molecule has 0 amide bonds. The average molecular weight is 337 g/mol. The first-order valence-corrected chi connectivity index (χ1v) is 8.11. The van der Waals surface area contributed by atoms with Crippen molar-refractivity contribution >= 4 is 11.6 Å². The molecule has 1 aliphatic rings. The second-order valence-corrected chi connectivity index (χ2v) is 6.16. The van der Waals surface area contributed by atoms with E-state index in [-0.39, 0.29) is 6.04 Å². The van der Waals surface area contributed by atoms with Gasteiger partial charge >= 0.3 is 0 Å². The number of para-hydroxylation sites is 1. The van der Waals surface area contributed by atoms with Crippen LogP contribution in [0.1, 0.15) is 17.8 Å². The zero-order chi connectivity index (χ0) is 16.2. The van der Waals surface area contributed by atoms with Crippen LogP contribution in [0.5, 0.6) is 5.75 Å². The van der Waals surface area contributed by atoms with E-state index in [1.165, 1.54) is 0 Å². The fraction of sp³-hybridized carbons (Fsp3) is 0.500. The van der Waals surface area contributed by atoms with Gasteiger partial charge in [-0.15, -0.1) is 0 Å². The molecule has 0 N–H and O–H groups in total. The van der Waals surface area contributed by atoms with E-state index in [0.29, 0.717) is 23.3 Å². The summed E-state index contributed by atoms with van der Waals surface area (Å²) in [6.45, 7) is 6.07. The van der Waals surface area contributed by atoms with E-state index in [4.69, 9.17) is 20.9 Å². The lowest BCUT2D eigenvalue weighted by Crippen LogP contribution is -2.47. The molecule has 0 unspecified atom stereocenters. The van der Waals surface area contributed by atoms with Gasteiger partial charge in [-0.2, -0.15) is 4.98 Å². The maximum Gasteiger partial charge on any atom is 0.245 e. The molecule has 1 atom stereocenters. The van der Waals surface area contributed by atoms with E-state index >= 15 is 0 Å². The van der Waals surface area contributed by atoms with Crippen molar-refractivity contribution < 1.29 is 9.26 Å². The standard InChI is InChI=1S/C16H21ClN4O2/c1-12-18-16(23-19-12)14-11-21(8-7-20(14)2)9-10-22-15-6-4-3-5-13(15)17/h3-6,14H,7-11H2,1-2H3/t14-/m0/s1. The number of rotatable bonds is 5. The highest BCUT2D eigenvalue weighted by molar-refractivity contribution is 6.32. The molecule has 23 heavy (non-hydrogen) atoms. The summed E-state index contributed by atoms with van der Waals surface area (Å²) in [7, 11) is 2.09. The Hall–Kier alpha value is -1.63. The van der Waals surface area contributed by atoms with Crippen LogP contribution in [0.4, 0.5) is 0 Å². The summed E-state index contributed by atoms with van der Waals surface area (Å²) in [5, 5.41) is 4.54. The summed E-state index contributed by atoms with van der Waals surface area (Å²) < 4.78 is 11.1. The van der Waals surface area contributed by atoms with Crippen molar-refractivity contribution in [3.05, 3.63) is 41.0 Å². The highest BCUT2D eigenvalue weighted by atomic mass is 35.5. The van der Waals surface area contributed by atoms with Crippen LogP contribution in [0.2, 0.25) is 5.02 Å². The Morgan fingerprint density at radius 2 is 2.17 bits per heavy atom. The molecule has 1 aromatic heterocycles. The number of hydrogen-bond donors (Lipinski definition) is 0.